The van der Waals surface area contributed by atoms with Crippen molar-refractivity contribution in [2.75, 3.05) is 0 Å². The summed E-state index contributed by atoms with van der Waals surface area (Å²) < 4.78 is 5.09. The van der Waals surface area contributed by atoms with E-state index < -0.39 is 8.07 Å². The summed E-state index contributed by atoms with van der Waals surface area (Å²) in [6.45, 7) is 15.4. The first kappa shape index (κ1) is 30.7. The molecule has 51 heavy (non-hydrogen) atoms. The highest BCUT2D eigenvalue weighted by Gasteiger charge is 2.45. The van der Waals surface area contributed by atoms with E-state index in [4.69, 9.17) is 0 Å². The molecule has 0 amide bonds. The first-order valence-corrected chi connectivity index (χ1v) is 20.5. The molecule has 4 heterocycles. The van der Waals surface area contributed by atoms with E-state index in [0.717, 1.165) is 6.54 Å². The van der Waals surface area contributed by atoms with Gasteiger partial charge >= 0.3 is 0 Å². The molecule has 250 valence electrons. The van der Waals surface area contributed by atoms with Crippen LogP contribution in [0.15, 0.2) is 140 Å². The quantitative estimate of drug-likeness (QED) is 0.130. The molecule has 1 aliphatic rings. The first-order valence-electron chi connectivity index (χ1n) is 18.5. The second-order valence-electron chi connectivity index (χ2n) is 17.1. The van der Waals surface area contributed by atoms with Crippen LogP contribution in [0.1, 0.15) is 58.6 Å². The van der Waals surface area contributed by atoms with Crippen LogP contribution in [0.2, 0.25) is 0 Å². The van der Waals surface area contributed by atoms with Crippen LogP contribution in [0, 0.1) is 5.41 Å². The second kappa shape index (κ2) is 10.5. The van der Waals surface area contributed by atoms with Crippen LogP contribution in [0.5, 0.6) is 0 Å². The van der Waals surface area contributed by atoms with Gasteiger partial charge in [-0.1, -0.05) is 163 Å². The smallest absolute Gasteiger partial charge is 0.179 e. The summed E-state index contributed by atoms with van der Waals surface area (Å²) in [5.74, 6) is 0.423. The zero-order valence-electron chi connectivity index (χ0n) is 30.5. The van der Waals surface area contributed by atoms with Crippen molar-refractivity contribution in [1.82, 2.24) is 8.97 Å². The van der Waals surface area contributed by atoms with Crippen molar-refractivity contribution < 1.29 is 0 Å². The predicted molar refractivity (Wildman–Crippen MR) is 221 cm³/mol. The Labute approximate surface area is 301 Å². The summed E-state index contributed by atoms with van der Waals surface area (Å²) in [7, 11) is -2.93. The first-order chi connectivity index (χ1) is 24.6. The zero-order chi connectivity index (χ0) is 34.9. The van der Waals surface area contributed by atoms with E-state index in [1.54, 1.807) is 0 Å². The van der Waals surface area contributed by atoms with Gasteiger partial charge in [0.1, 0.15) is 0 Å². The maximum absolute atomic E-state index is 2.93. The third-order valence-corrected chi connectivity index (χ3v) is 16.8. The maximum atomic E-state index is 2.67. The molecule has 0 aliphatic carbocycles. The Bertz CT molecular complexity index is 2750. The van der Waals surface area contributed by atoms with E-state index in [1.165, 1.54) is 80.9 Å². The van der Waals surface area contributed by atoms with Crippen molar-refractivity contribution in [3.8, 4) is 0 Å². The summed E-state index contributed by atoms with van der Waals surface area (Å²) >= 11 is 0. The highest BCUT2D eigenvalue weighted by Crippen LogP contribution is 2.47. The molecule has 0 spiro atoms. The molecule has 9 aromatic rings. The minimum Gasteiger partial charge on any atom is -0.340 e. The van der Waals surface area contributed by atoms with Gasteiger partial charge in [0.05, 0.1) is 16.6 Å². The molecule has 0 saturated carbocycles. The van der Waals surface area contributed by atoms with Gasteiger partial charge < -0.3 is 8.97 Å². The molecule has 3 heteroatoms. The molecule has 10 rings (SSSR count). The molecule has 0 radical (unpaired) electrons. The molecule has 0 bridgehead atoms. The Balaban J connectivity index is 1.42. The van der Waals surface area contributed by atoms with Crippen LogP contribution in [0.3, 0.4) is 0 Å². The fraction of sp³-hybridized carbons (Fsp3) is 0.208. The Morgan fingerprint density at radius 2 is 1.02 bits per heavy atom. The monoisotopic (exact) mass is 676 g/mol. The molecule has 0 N–H and O–H groups in total. The topological polar surface area (TPSA) is 9.34 Å². The highest BCUT2D eigenvalue weighted by atomic mass is 28.3. The Kier molecular flexibility index (Phi) is 6.29. The number of hydrogen-bond donors (Lipinski definition) is 0. The number of rotatable bonds is 4. The normalized spacial score (nSPS) is 15.4. The van der Waals surface area contributed by atoms with Crippen molar-refractivity contribution in [2.45, 2.75) is 59.4 Å². The van der Waals surface area contributed by atoms with Gasteiger partial charge in [0.15, 0.2) is 8.07 Å². The Hall–Kier alpha value is -5.12. The number of para-hydroxylation sites is 2. The lowest BCUT2D eigenvalue weighted by Crippen LogP contribution is -2.74. The zero-order valence-corrected chi connectivity index (χ0v) is 31.5. The molecule has 0 saturated heterocycles. The minimum atomic E-state index is -2.93. The van der Waals surface area contributed by atoms with Crippen LogP contribution in [-0.4, -0.2) is 17.0 Å². The Morgan fingerprint density at radius 3 is 1.63 bits per heavy atom. The lowest BCUT2D eigenvalue weighted by atomic mass is 9.77. The van der Waals surface area contributed by atoms with Gasteiger partial charge in [-0.3, -0.25) is 0 Å². The van der Waals surface area contributed by atoms with Crippen molar-refractivity contribution in [3.05, 3.63) is 151 Å². The van der Waals surface area contributed by atoms with Crippen molar-refractivity contribution in [3.63, 3.8) is 0 Å². The van der Waals surface area contributed by atoms with Gasteiger partial charge in [0.2, 0.25) is 0 Å². The average Bonchev–Trinajstić information content (AvgIpc) is 3.88. The number of hydrogen-bond acceptors (Lipinski definition) is 0. The van der Waals surface area contributed by atoms with E-state index in [9.17, 15) is 0 Å². The summed E-state index contributed by atoms with van der Waals surface area (Å²) in [6, 6.07) is 51.6. The number of aromatic nitrogens is 2. The molecular weight excluding hydrogens is 633 g/mol. The van der Waals surface area contributed by atoms with Crippen LogP contribution < -0.4 is 20.7 Å². The average molecular weight is 677 g/mol. The van der Waals surface area contributed by atoms with Gasteiger partial charge in [-0.05, 0) is 54.8 Å². The van der Waals surface area contributed by atoms with Crippen LogP contribution >= 0.6 is 0 Å². The predicted octanol–water partition coefficient (Wildman–Crippen LogP) is 9.61. The van der Waals surface area contributed by atoms with Gasteiger partial charge in [-0.2, -0.15) is 0 Å². The molecule has 1 unspecified atom stereocenters. The summed E-state index contributed by atoms with van der Waals surface area (Å²) in [5, 5.41) is 12.6. The maximum Gasteiger partial charge on any atom is 0.179 e. The molecule has 1 atom stereocenters. The fourth-order valence-electron chi connectivity index (χ4n) is 9.77. The molecule has 6 aromatic carbocycles. The standard InChI is InChI=1S/C48H44N2Si/c1-47(2,3)41-29-49-43-23-15-13-21-35(43)37-25-33(27-39(41)45(37)49)51(31-17-9-7-10-18-31,32-19-11-8-12-20-32)34-26-38-36-22-14-16-24-44(36)50-30-42(48(4,5)6)40(28-34)46(38)50/h7-29,42H,30H2,1-6H3. The van der Waals surface area contributed by atoms with Gasteiger partial charge in [0, 0.05) is 51.1 Å². The van der Waals surface area contributed by atoms with Crippen molar-refractivity contribution in [2.24, 2.45) is 5.41 Å². The van der Waals surface area contributed by atoms with Gasteiger partial charge in [-0.15, -0.1) is 0 Å². The van der Waals surface area contributed by atoms with Gasteiger partial charge in [-0.25, -0.2) is 0 Å². The summed E-state index contributed by atoms with van der Waals surface area (Å²) in [6.07, 6.45) is 2.42. The van der Waals surface area contributed by atoms with Crippen molar-refractivity contribution >= 4 is 77.8 Å². The van der Waals surface area contributed by atoms with Crippen molar-refractivity contribution in [1.29, 1.82) is 0 Å². The van der Waals surface area contributed by atoms with Crippen LogP contribution in [0.25, 0.3) is 49.0 Å². The third kappa shape index (κ3) is 4.16. The molecule has 1 aliphatic heterocycles. The van der Waals surface area contributed by atoms with E-state index in [1.807, 2.05) is 0 Å². The lowest BCUT2D eigenvalue weighted by Gasteiger charge is -2.36. The number of fused-ring (bicyclic) bond motifs is 6. The van der Waals surface area contributed by atoms with E-state index in [0.29, 0.717) is 5.92 Å². The fourth-order valence-corrected chi connectivity index (χ4v) is 14.6. The molecule has 0 fully saturated rings. The number of benzene rings is 6. The lowest BCUT2D eigenvalue weighted by molar-refractivity contribution is 0.307. The SMILES string of the molecule is CC(C)(C)c1cn2c3ccccc3c3cc([Si](c4ccccc4)(c4ccccc4)c4cc5c6c(c4)c4ccccc4n6CC5C(C)(C)C)cc1c32. The molecule has 3 aromatic heterocycles. The van der Waals surface area contributed by atoms with Crippen LogP contribution in [-0.2, 0) is 12.0 Å². The Morgan fingerprint density at radius 1 is 0.510 bits per heavy atom. The molecule has 2 nitrogen and oxygen atoms in total. The largest absolute Gasteiger partial charge is 0.340 e. The van der Waals surface area contributed by atoms with Crippen LogP contribution in [0.4, 0.5) is 0 Å². The summed E-state index contributed by atoms with van der Waals surface area (Å²) in [4.78, 5) is 0. The van der Waals surface area contributed by atoms with E-state index in [2.05, 4.69) is 190 Å². The minimum absolute atomic E-state index is 0.0119. The third-order valence-electron chi connectivity index (χ3n) is 12.1. The summed E-state index contributed by atoms with van der Waals surface area (Å²) in [5.41, 5.74) is 8.43. The number of nitrogens with zero attached hydrogens (tertiary/aromatic N) is 2. The van der Waals surface area contributed by atoms with E-state index >= 15 is 0 Å². The van der Waals surface area contributed by atoms with E-state index in [-0.39, 0.29) is 10.8 Å². The second-order valence-corrected chi connectivity index (χ2v) is 20.9. The highest BCUT2D eigenvalue weighted by molar-refractivity contribution is 7.20. The van der Waals surface area contributed by atoms with Gasteiger partial charge in [0.25, 0.3) is 0 Å². The molecular formula is C48H44N2Si.